The fourth-order valence-electron chi connectivity index (χ4n) is 3.03. The summed E-state index contributed by atoms with van der Waals surface area (Å²) in [6.07, 6.45) is 2.26. The van der Waals surface area contributed by atoms with Gasteiger partial charge in [0.05, 0.1) is 16.8 Å². The molecule has 0 aromatic carbocycles. The van der Waals surface area contributed by atoms with Crippen LogP contribution < -0.4 is 5.32 Å². The predicted molar refractivity (Wildman–Crippen MR) is 78.8 cm³/mol. The quantitative estimate of drug-likeness (QED) is 0.776. The molecule has 1 N–H and O–H groups in total. The number of hydrogen-bond acceptors (Lipinski definition) is 5. The Morgan fingerprint density at radius 1 is 1.10 bits per heavy atom. The second kappa shape index (κ2) is 6.29. The second-order valence-corrected chi connectivity index (χ2v) is 10.3. The standard InChI is InChI=1S/C12H24N2O4S2/c1-13-10-11-2-6-14(7-3-11)20(17,18)12-4-8-19(15,16)9-5-12/h11-13H,2-10H2,1H3. The zero-order chi connectivity index (χ0) is 14.8. The maximum Gasteiger partial charge on any atom is 0.217 e. The molecule has 2 aliphatic rings. The largest absolute Gasteiger partial charge is 0.319 e. The third-order valence-electron chi connectivity index (χ3n) is 4.35. The lowest BCUT2D eigenvalue weighted by molar-refractivity contribution is 0.268. The lowest BCUT2D eigenvalue weighted by Gasteiger charge is -2.34. The molecule has 0 aliphatic carbocycles. The van der Waals surface area contributed by atoms with Crippen LogP contribution in [0.2, 0.25) is 0 Å². The van der Waals surface area contributed by atoms with Gasteiger partial charge in [-0.05, 0) is 45.2 Å². The van der Waals surface area contributed by atoms with Crippen LogP contribution in [-0.4, -0.2) is 64.6 Å². The Kier molecular flexibility index (Phi) is 5.09. The highest BCUT2D eigenvalue weighted by Crippen LogP contribution is 2.26. The zero-order valence-corrected chi connectivity index (χ0v) is 13.5. The van der Waals surface area contributed by atoms with Gasteiger partial charge in [-0.15, -0.1) is 0 Å². The van der Waals surface area contributed by atoms with Crippen LogP contribution in [0.3, 0.4) is 0 Å². The van der Waals surface area contributed by atoms with Crippen molar-refractivity contribution in [3.8, 4) is 0 Å². The number of piperidine rings is 1. The van der Waals surface area contributed by atoms with Crippen LogP contribution in [0.25, 0.3) is 0 Å². The zero-order valence-electron chi connectivity index (χ0n) is 11.9. The molecule has 0 spiro atoms. The molecule has 2 fully saturated rings. The maximum absolute atomic E-state index is 12.5. The van der Waals surface area contributed by atoms with E-state index in [9.17, 15) is 16.8 Å². The summed E-state index contributed by atoms with van der Waals surface area (Å²) < 4.78 is 49.4. The summed E-state index contributed by atoms with van der Waals surface area (Å²) in [7, 11) is -4.43. The van der Waals surface area contributed by atoms with Gasteiger partial charge in [-0.25, -0.2) is 21.1 Å². The molecule has 0 aromatic heterocycles. The van der Waals surface area contributed by atoms with E-state index in [0.717, 1.165) is 19.4 Å². The van der Waals surface area contributed by atoms with Crippen molar-refractivity contribution in [3.05, 3.63) is 0 Å². The molecule has 0 bridgehead atoms. The summed E-state index contributed by atoms with van der Waals surface area (Å²) in [5.74, 6) is 0.554. The van der Waals surface area contributed by atoms with Gasteiger partial charge in [-0.1, -0.05) is 0 Å². The van der Waals surface area contributed by atoms with Gasteiger partial charge in [0.15, 0.2) is 0 Å². The van der Waals surface area contributed by atoms with Gasteiger partial charge in [0.1, 0.15) is 9.84 Å². The van der Waals surface area contributed by atoms with Crippen LogP contribution in [0.5, 0.6) is 0 Å². The van der Waals surface area contributed by atoms with E-state index >= 15 is 0 Å². The molecule has 0 atom stereocenters. The van der Waals surface area contributed by atoms with E-state index in [0.29, 0.717) is 19.0 Å². The van der Waals surface area contributed by atoms with Crippen LogP contribution in [0.4, 0.5) is 0 Å². The third kappa shape index (κ3) is 3.72. The minimum atomic E-state index is -3.33. The van der Waals surface area contributed by atoms with E-state index in [1.54, 1.807) is 4.31 Å². The number of nitrogens with one attached hydrogen (secondary N) is 1. The van der Waals surface area contributed by atoms with Gasteiger partial charge in [-0.3, -0.25) is 0 Å². The van der Waals surface area contributed by atoms with E-state index in [1.165, 1.54) is 0 Å². The van der Waals surface area contributed by atoms with Crippen molar-refractivity contribution >= 4 is 19.9 Å². The van der Waals surface area contributed by atoms with Gasteiger partial charge in [0.2, 0.25) is 10.0 Å². The Morgan fingerprint density at radius 2 is 1.65 bits per heavy atom. The van der Waals surface area contributed by atoms with Crippen LogP contribution in [0.1, 0.15) is 25.7 Å². The summed E-state index contributed by atoms with van der Waals surface area (Å²) in [5.41, 5.74) is 0. The topological polar surface area (TPSA) is 83.6 Å². The summed E-state index contributed by atoms with van der Waals surface area (Å²) >= 11 is 0. The first kappa shape index (κ1) is 16.2. The maximum atomic E-state index is 12.5. The van der Waals surface area contributed by atoms with Gasteiger partial charge in [0.25, 0.3) is 0 Å². The molecular weight excluding hydrogens is 300 g/mol. The normalized spacial score (nSPS) is 26.6. The SMILES string of the molecule is CNCC1CCN(S(=O)(=O)C2CCS(=O)(=O)CC2)CC1. The average molecular weight is 324 g/mol. The van der Waals surface area contributed by atoms with Crippen molar-refractivity contribution < 1.29 is 16.8 Å². The van der Waals surface area contributed by atoms with Gasteiger partial charge >= 0.3 is 0 Å². The van der Waals surface area contributed by atoms with E-state index in [4.69, 9.17) is 0 Å². The molecule has 0 saturated carbocycles. The smallest absolute Gasteiger partial charge is 0.217 e. The molecule has 0 amide bonds. The number of hydrogen-bond donors (Lipinski definition) is 1. The first-order valence-corrected chi connectivity index (χ1v) is 10.5. The van der Waals surface area contributed by atoms with Crippen LogP contribution in [0, 0.1) is 5.92 Å². The Hall–Kier alpha value is -0.180. The third-order valence-corrected chi connectivity index (χ3v) is 8.46. The Labute approximate surface area is 121 Å². The van der Waals surface area contributed by atoms with Gasteiger partial charge < -0.3 is 5.32 Å². The fourth-order valence-corrected chi connectivity index (χ4v) is 6.80. The lowest BCUT2D eigenvalue weighted by Crippen LogP contribution is -2.46. The molecular formula is C12H24N2O4S2. The summed E-state index contributed by atoms with van der Waals surface area (Å²) in [6.45, 7) is 2.06. The van der Waals surface area contributed by atoms with Gasteiger partial charge in [-0.2, -0.15) is 0 Å². The molecule has 2 rings (SSSR count). The number of nitrogens with zero attached hydrogens (tertiary/aromatic N) is 1. The van der Waals surface area contributed by atoms with Crippen LogP contribution >= 0.6 is 0 Å². The molecule has 6 nitrogen and oxygen atoms in total. The fraction of sp³-hybridized carbons (Fsp3) is 1.00. The number of sulfone groups is 1. The van der Waals surface area contributed by atoms with Crippen LogP contribution in [0.15, 0.2) is 0 Å². The first-order chi connectivity index (χ1) is 9.35. The Bertz CT molecular complexity index is 508. The molecule has 20 heavy (non-hydrogen) atoms. The van der Waals surface area contributed by atoms with E-state index < -0.39 is 25.1 Å². The Balaban J connectivity index is 1.95. The minimum Gasteiger partial charge on any atom is -0.319 e. The molecule has 8 heteroatoms. The van der Waals surface area contributed by atoms with Crippen LogP contribution in [-0.2, 0) is 19.9 Å². The summed E-state index contributed by atoms with van der Waals surface area (Å²) in [5, 5.41) is 2.62. The van der Waals surface area contributed by atoms with Crippen molar-refractivity contribution in [3.63, 3.8) is 0 Å². The second-order valence-electron chi connectivity index (χ2n) is 5.80. The minimum absolute atomic E-state index is 0.00706. The van der Waals surface area contributed by atoms with Crippen molar-refractivity contribution in [1.82, 2.24) is 9.62 Å². The van der Waals surface area contributed by atoms with E-state index in [-0.39, 0.29) is 24.3 Å². The summed E-state index contributed by atoms with van der Waals surface area (Å²) in [6, 6.07) is 0. The highest BCUT2D eigenvalue weighted by atomic mass is 32.2. The highest BCUT2D eigenvalue weighted by molar-refractivity contribution is 7.92. The lowest BCUT2D eigenvalue weighted by atomic mass is 9.98. The average Bonchev–Trinajstić information content (AvgIpc) is 2.39. The molecule has 2 saturated heterocycles. The predicted octanol–water partition coefficient (Wildman–Crippen LogP) is -0.175. The number of rotatable bonds is 4. The molecule has 0 unspecified atom stereocenters. The molecule has 0 radical (unpaired) electrons. The molecule has 2 aliphatic heterocycles. The Morgan fingerprint density at radius 3 is 2.15 bits per heavy atom. The van der Waals surface area contributed by atoms with Crippen molar-refractivity contribution in [2.75, 3.05) is 38.2 Å². The van der Waals surface area contributed by atoms with Gasteiger partial charge in [0, 0.05) is 13.1 Å². The number of sulfonamides is 1. The van der Waals surface area contributed by atoms with Crippen molar-refractivity contribution in [2.24, 2.45) is 5.92 Å². The summed E-state index contributed by atoms with van der Waals surface area (Å²) in [4.78, 5) is 0. The van der Waals surface area contributed by atoms with Crippen molar-refractivity contribution in [1.29, 1.82) is 0 Å². The molecule has 118 valence electrons. The molecule has 0 aromatic rings. The first-order valence-electron chi connectivity index (χ1n) is 7.19. The van der Waals surface area contributed by atoms with Crippen molar-refractivity contribution in [2.45, 2.75) is 30.9 Å². The molecule has 2 heterocycles. The van der Waals surface area contributed by atoms with E-state index in [2.05, 4.69) is 5.32 Å². The van der Waals surface area contributed by atoms with E-state index in [1.807, 2.05) is 7.05 Å². The monoisotopic (exact) mass is 324 g/mol. The highest BCUT2D eigenvalue weighted by Gasteiger charge is 2.37.